The minimum atomic E-state index is 0.143. The first-order valence-corrected chi connectivity index (χ1v) is 3.68. The molecule has 0 aliphatic rings. The topological polar surface area (TPSA) is 45.4 Å². The van der Waals surface area contributed by atoms with Crippen molar-refractivity contribution in [1.82, 2.24) is 5.32 Å². The monoisotopic (exact) mass is 155 g/mol. The molecule has 0 aliphatic heterocycles. The first-order valence-electron chi connectivity index (χ1n) is 3.68. The Hall–Kier alpha value is -0.800. The van der Waals surface area contributed by atoms with Crippen LogP contribution in [0.25, 0.3) is 0 Å². The van der Waals surface area contributed by atoms with Gasteiger partial charge >= 0.3 is 0 Å². The summed E-state index contributed by atoms with van der Waals surface area (Å²) in [5, 5.41) is 11.8. The molecule has 0 bridgehead atoms. The number of nitrogens with one attached hydrogen (secondary N) is 1. The molecule has 0 saturated carbocycles. The van der Waals surface area contributed by atoms with Crippen molar-refractivity contribution in [2.24, 2.45) is 0 Å². The average molecular weight is 155 g/mol. The van der Waals surface area contributed by atoms with E-state index >= 15 is 0 Å². The van der Waals surface area contributed by atoms with E-state index in [9.17, 15) is 0 Å². The van der Waals surface area contributed by atoms with Crippen molar-refractivity contribution < 1.29 is 9.52 Å². The maximum absolute atomic E-state index is 8.68. The van der Waals surface area contributed by atoms with Gasteiger partial charge in [0, 0.05) is 18.2 Å². The highest BCUT2D eigenvalue weighted by atomic mass is 16.3. The smallest absolute Gasteiger partial charge is 0.0947 e. The first-order chi connectivity index (χ1) is 5.33. The van der Waals surface area contributed by atoms with Crippen molar-refractivity contribution in [2.45, 2.75) is 19.5 Å². The summed E-state index contributed by atoms with van der Waals surface area (Å²) in [6, 6.07) is 2.04. The number of hydrogen-bond donors (Lipinski definition) is 2. The molecule has 0 spiro atoms. The van der Waals surface area contributed by atoms with E-state index in [-0.39, 0.29) is 12.6 Å². The SMILES string of the molecule is C[C@H](CO)NCc1ccoc1. The summed E-state index contributed by atoms with van der Waals surface area (Å²) in [4.78, 5) is 0. The Bertz CT molecular complexity index is 184. The van der Waals surface area contributed by atoms with E-state index < -0.39 is 0 Å². The van der Waals surface area contributed by atoms with Gasteiger partial charge in [-0.2, -0.15) is 0 Å². The fourth-order valence-electron chi connectivity index (χ4n) is 0.750. The second-order valence-corrected chi connectivity index (χ2v) is 2.60. The van der Waals surface area contributed by atoms with Gasteiger partial charge in [0.15, 0.2) is 0 Å². The lowest BCUT2D eigenvalue weighted by Crippen LogP contribution is -2.28. The Labute approximate surface area is 66.0 Å². The lowest BCUT2D eigenvalue weighted by Gasteiger charge is -2.08. The van der Waals surface area contributed by atoms with Crippen LogP contribution < -0.4 is 5.32 Å². The molecule has 3 heteroatoms. The second kappa shape index (κ2) is 4.16. The summed E-state index contributed by atoms with van der Waals surface area (Å²) < 4.78 is 4.88. The van der Waals surface area contributed by atoms with E-state index in [0.29, 0.717) is 0 Å². The Kier molecular flexibility index (Phi) is 3.14. The molecule has 0 unspecified atom stereocenters. The van der Waals surface area contributed by atoms with Gasteiger partial charge in [0.05, 0.1) is 19.1 Å². The fourth-order valence-corrected chi connectivity index (χ4v) is 0.750. The molecule has 1 rings (SSSR count). The zero-order chi connectivity index (χ0) is 8.10. The molecule has 1 atom stereocenters. The van der Waals surface area contributed by atoms with Crippen molar-refractivity contribution in [3.05, 3.63) is 24.2 Å². The summed E-state index contributed by atoms with van der Waals surface area (Å²) in [7, 11) is 0. The summed E-state index contributed by atoms with van der Waals surface area (Å²) in [5.74, 6) is 0. The van der Waals surface area contributed by atoms with Crippen LogP contribution in [0.5, 0.6) is 0 Å². The van der Waals surface area contributed by atoms with Gasteiger partial charge in [-0.05, 0) is 13.0 Å². The Balaban J connectivity index is 2.23. The highest BCUT2D eigenvalue weighted by Gasteiger charge is 1.98. The molecule has 11 heavy (non-hydrogen) atoms. The van der Waals surface area contributed by atoms with E-state index in [1.165, 1.54) is 0 Å². The Morgan fingerprint density at radius 3 is 3.09 bits per heavy atom. The van der Waals surface area contributed by atoms with Crippen molar-refractivity contribution in [1.29, 1.82) is 0 Å². The predicted molar refractivity (Wildman–Crippen MR) is 42.1 cm³/mol. The molecule has 0 radical (unpaired) electrons. The molecule has 0 aromatic carbocycles. The lowest BCUT2D eigenvalue weighted by molar-refractivity contribution is 0.251. The van der Waals surface area contributed by atoms with Crippen molar-refractivity contribution in [2.75, 3.05) is 6.61 Å². The molecule has 1 heterocycles. The zero-order valence-corrected chi connectivity index (χ0v) is 6.58. The Morgan fingerprint density at radius 2 is 2.55 bits per heavy atom. The summed E-state index contributed by atoms with van der Waals surface area (Å²) in [6.07, 6.45) is 3.33. The van der Waals surface area contributed by atoms with E-state index in [1.807, 2.05) is 13.0 Å². The molecule has 2 N–H and O–H groups in total. The van der Waals surface area contributed by atoms with Gasteiger partial charge in [0.2, 0.25) is 0 Å². The quantitative estimate of drug-likeness (QED) is 0.674. The lowest BCUT2D eigenvalue weighted by atomic mass is 10.3. The number of rotatable bonds is 4. The number of aliphatic hydroxyl groups is 1. The van der Waals surface area contributed by atoms with Crippen LogP contribution in [0.1, 0.15) is 12.5 Å². The first kappa shape index (κ1) is 8.30. The van der Waals surface area contributed by atoms with E-state index in [2.05, 4.69) is 5.32 Å². The predicted octanol–water partition coefficient (Wildman–Crippen LogP) is 0.750. The van der Waals surface area contributed by atoms with Crippen LogP contribution in [-0.2, 0) is 6.54 Å². The van der Waals surface area contributed by atoms with Gasteiger partial charge in [-0.25, -0.2) is 0 Å². The van der Waals surface area contributed by atoms with Crippen molar-refractivity contribution >= 4 is 0 Å². The Morgan fingerprint density at radius 1 is 1.73 bits per heavy atom. The minimum Gasteiger partial charge on any atom is -0.472 e. The highest BCUT2D eigenvalue weighted by molar-refractivity contribution is 5.04. The van der Waals surface area contributed by atoms with Gasteiger partial charge in [-0.15, -0.1) is 0 Å². The van der Waals surface area contributed by atoms with E-state index in [4.69, 9.17) is 9.52 Å². The van der Waals surface area contributed by atoms with Gasteiger partial charge in [-0.1, -0.05) is 0 Å². The average Bonchev–Trinajstić information content (AvgIpc) is 2.52. The molecule has 0 saturated heterocycles. The third-order valence-corrected chi connectivity index (χ3v) is 1.51. The van der Waals surface area contributed by atoms with Gasteiger partial charge in [-0.3, -0.25) is 0 Å². The number of hydrogen-bond acceptors (Lipinski definition) is 3. The number of aliphatic hydroxyl groups excluding tert-OH is 1. The molecule has 62 valence electrons. The van der Waals surface area contributed by atoms with E-state index in [0.717, 1.165) is 12.1 Å². The van der Waals surface area contributed by atoms with Crippen LogP contribution in [0.2, 0.25) is 0 Å². The van der Waals surface area contributed by atoms with Crippen molar-refractivity contribution in [3.63, 3.8) is 0 Å². The van der Waals surface area contributed by atoms with Crippen LogP contribution in [0, 0.1) is 0 Å². The van der Waals surface area contributed by atoms with Crippen molar-refractivity contribution in [3.8, 4) is 0 Å². The molecule has 0 aliphatic carbocycles. The number of furan rings is 1. The third-order valence-electron chi connectivity index (χ3n) is 1.51. The third kappa shape index (κ3) is 2.74. The largest absolute Gasteiger partial charge is 0.472 e. The molecule has 1 aromatic rings. The zero-order valence-electron chi connectivity index (χ0n) is 6.58. The van der Waals surface area contributed by atoms with Gasteiger partial charge in [0.25, 0.3) is 0 Å². The van der Waals surface area contributed by atoms with Crippen LogP contribution >= 0.6 is 0 Å². The molecule has 1 aromatic heterocycles. The fraction of sp³-hybridized carbons (Fsp3) is 0.500. The van der Waals surface area contributed by atoms with Crippen LogP contribution in [0.4, 0.5) is 0 Å². The molecule has 0 fully saturated rings. The summed E-state index contributed by atoms with van der Waals surface area (Å²) in [5.41, 5.74) is 1.10. The van der Waals surface area contributed by atoms with Crippen LogP contribution in [0.15, 0.2) is 23.0 Å². The van der Waals surface area contributed by atoms with Crippen LogP contribution in [-0.4, -0.2) is 17.8 Å². The summed E-state index contributed by atoms with van der Waals surface area (Å²) >= 11 is 0. The van der Waals surface area contributed by atoms with Gasteiger partial charge < -0.3 is 14.8 Å². The maximum Gasteiger partial charge on any atom is 0.0947 e. The summed E-state index contributed by atoms with van der Waals surface area (Å²) in [6.45, 7) is 2.84. The molecule has 3 nitrogen and oxygen atoms in total. The molecular formula is C8H13NO2. The second-order valence-electron chi connectivity index (χ2n) is 2.60. The minimum absolute atomic E-state index is 0.143. The van der Waals surface area contributed by atoms with Gasteiger partial charge in [0.1, 0.15) is 0 Å². The maximum atomic E-state index is 8.68. The standard InChI is InChI=1S/C8H13NO2/c1-7(5-10)9-4-8-2-3-11-6-8/h2-3,6-7,9-10H,4-5H2,1H3/t7-/m1/s1. The molecule has 0 amide bonds. The molecular weight excluding hydrogens is 142 g/mol. The van der Waals surface area contributed by atoms with Crippen LogP contribution in [0.3, 0.4) is 0 Å². The highest BCUT2D eigenvalue weighted by Crippen LogP contribution is 1.98. The normalized spacial score (nSPS) is 13.3. The van der Waals surface area contributed by atoms with E-state index in [1.54, 1.807) is 12.5 Å².